The van der Waals surface area contributed by atoms with E-state index in [1.54, 1.807) is 22.9 Å². The fourth-order valence-electron chi connectivity index (χ4n) is 2.45. The molecule has 0 unspecified atom stereocenters. The van der Waals surface area contributed by atoms with Crippen LogP contribution in [0.1, 0.15) is 29.8 Å². The molecule has 1 amide bonds. The Labute approximate surface area is 116 Å². The van der Waals surface area contributed by atoms with Crippen molar-refractivity contribution in [1.82, 2.24) is 14.3 Å². The number of pyridine rings is 1. The molecule has 2 aromatic rings. The van der Waals surface area contributed by atoms with Crippen LogP contribution in [-0.4, -0.2) is 33.3 Å². The zero-order valence-electron chi connectivity index (χ0n) is 10.5. The van der Waals surface area contributed by atoms with Crippen molar-refractivity contribution in [1.29, 1.82) is 0 Å². The molecule has 0 saturated carbocycles. The summed E-state index contributed by atoms with van der Waals surface area (Å²) in [6.45, 7) is 1.62. The summed E-state index contributed by atoms with van der Waals surface area (Å²) in [5, 5.41) is 0.527. The highest BCUT2D eigenvalue weighted by molar-refractivity contribution is 6.30. The van der Waals surface area contributed by atoms with Gasteiger partial charge < -0.3 is 15.0 Å². The van der Waals surface area contributed by atoms with Crippen LogP contribution in [0.5, 0.6) is 0 Å². The lowest BCUT2D eigenvalue weighted by Crippen LogP contribution is -2.35. The molecule has 1 aliphatic rings. The van der Waals surface area contributed by atoms with E-state index in [0.717, 1.165) is 25.9 Å². The second-order valence-electron chi connectivity index (χ2n) is 4.82. The fraction of sp³-hybridized carbons (Fsp3) is 0.385. The summed E-state index contributed by atoms with van der Waals surface area (Å²) in [5.41, 5.74) is 7.33. The van der Waals surface area contributed by atoms with Crippen molar-refractivity contribution in [3.8, 4) is 0 Å². The number of nitrogen functional groups attached to an aromatic ring is 1. The van der Waals surface area contributed by atoms with E-state index in [9.17, 15) is 4.79 Å². The van der Waals surface area contributed by atoms with Crippen molar-refractivity contribution < 1.29 is 4.79 Å². The number of fused-ring (bicyclic) bond motifs is 1. The Morgan fingerprint density at radius 3 is 2.74 bits per heavy atom. The number of hydrogen-bond donors (Lipinski definition) is 1. The van der Waals surface area contributed by atoms with Crippen LogP contribution in [0.4, 0.5) is 5.69 Å². The van der Waals surface area contributed by atoms with Gasteiger partial charge in [0.25, 0.3) is 5.91 Å². The Morgan fingerprint density at radius 1 is 1.26 bits per heavy atom. The number of carbonyl (C=O) groups is 1. The summed E-state index contributed by atoms with van der Waals surface area (Å²) in [4.78, 5) is 18.5. The molecule has 3 rings (SSSR count). The molecule has 5 nitrogen and oxygen atoms in total. The number of halogens is 1. The molecule has 3 heterocycles. The zero-order valence-corrected chi connectivity index (χ0v) is 11.2. The number of hydrogen-bond acceptors (Lipinski definition) is 3. The second kappa shape index (κ2) is 4.74. The lowest BCUT2D eigenvalue weighted by molar-refractivity contribution is 0.0719. The number of carbonyl (C=O) groups excluding carboxylic acids is 1. The minimum absolute atomic E-state index is 0.0288. The van der Waals surface area contributed by atoms with Crippen LogP contribution in [0.25, 0.3) is 5.65 Å². The third kappa shape index (κ3) is 2.26. The third-order valence-corrected chi connectivity index (χ3v) is 3.62. The number of imidazole rings is 1. The number of nitrogens with two attached hydrogens (primary N) is 1. The van der Waals surface area contributed by atoms with Gasteiger partial charge in [-0.3, -0.25) is 4.79 Å². The van der Waals surface area contributed by atoms with Crippen LogP contribution in [0.15, 0.2) is 18.5 Å². The van der Waals surface area contributed by atoms with Gasteiger partial charge in [-0.15, -0.1) is 0 Å². The summed E-state index contributed by atoms with van der Waals surface area (Å²) in [7, 11) is 0. The van der Waals surface area contributed by atoms with Gasteiger partial charge >= 0.3 is 0 Å². The smallest absolute Gasteiger partial charge is 0.274 e. The Hall–Kier alpha value is -1.75. The molecule has 2 N–H and O–H groups in total. The predicted molar refractivity (Wildman–Crippen MR) is 74.4 cm³/mol. The van der Waals surface area contributed by atoms with E-state index in [0.29, 0.717) is 22.1 Å². The Bertz CT molecular complexity index is 631. The van der Waals surface area contributed by atoms with Gasteiger partial charge in [-0.2, -0.15) is 0 Å². The van der Waals surface area contributed by atoms with Gasteiger partial charge in [-0.1, -0.05) is 11.6 Å². The van der Waals surface area contributed by atoms with E-state index < -0.39 is 0 Å². The van der Waals surface area contributed by atoms with Crippen LogP contribution in [-0.2, 0) is 0 Å². The van der Waals surface area contributed by atoms with Gasteiger partial charge in [0.05, 0.1) is 10.7 Å². The van der Waals surface area contributed by atoms with E-state index in [4.69, 9.17) is 17.3 Å². The number of nitrogens with zero attached hydrogens (tertiary/aromatic N) is 3. The van der Waals surface area contributed by atoms with Crippen LogP contribution in [0, 0.1) is 0 Å². The SMILES string of the molecule is Nc1cc(Cl)cn2cc(C(=O)N3CCCCC3)nc12. The van der Waals surface area contributed by atoms with Crippen molar-refractivity contribution in [3.63, 3.8) is 0 Å². The van der Waals surface area contributed by atoms with Gasteiger partial charge in [0.15, 0.2) is 5.65 Å². The second-order valence-corrected chi connectivity index (χ2v) is 5.26. The van der Waals surface area contributed by atoms with Crippen LogP contribution in [0.3, 0.4) is 0 Å². The molecule has 100 valence electrons. The Kier molecular flexibility index (Phi) is 3.06. The van der Waals surface area contributed by atoms with E-state index in [1.165, 1.54) is 6.42 Å². The molecule has 0 atom stereocenters. The maximum atomic E-state index is 12.3. The average molecular weight is 279 g/mol. The first-order chi connectivity index (χ1) is 9.15. The van der Waals surface area contributed by atoms with Gasteiger partial charge in [0.1, 0.15) is 5.69 Å². The first-order valence-electron chi connectivity index (χ1n) is 6.38. The van der Waals surface area contributed by atoms with Crippen molar-refractivity contribution in [2.24, 2.45) is 0 Å². The predicted octanol–water partition coefficient (Wildman–Crippen LogP) is 2.20. The quantitative estimate of drug-likeness (QED) is 0.870. The number of rotatable bonds is 1. The largest absolute Gasteiger partial charge is 0.396 e. The van der Waals surface area contributed by atoms with E-state index >= 15 is 0 Å². The molecule has 1 fully saturated rings. The lowest BCUT2D eigenvalue weighted by Gasteiger charge is -2.25. The Morgan fingerprint density at radius 2 is 2.00 bits per heavy atom. The van der Waals surface area contributed by atoms with Crippen LogP contribution >= 0.6 is 11.6 Å². The maximum Gasteiger partial charge on any atom is 0.274 e. The van der Waals surface area contributed by atoms with Gasteiger partial charge in [-0.25, -0.2) is 4.98 Å². The number of anilines is 1. The molecule has 0 aliphatic carbocycles. The van der Waals surface area contributed by atoms with Crippen molar-refractivity contribution >= 4 is 28.8 Å². The summed E-state index contributed by atoms with van der Waals surface area (Å²) in [6, 6.07) is 1.64. The number of amides is 1. The molecule has 0 spiro atoms. The minimum atomic E-state index is -0.0288. The summed E-state index contributed by atoms with van der Waals surface area (Å²) < 4.78 is 1.70. The average Bonchev–Trinajstić information content (AvgIpc) is 2.83. The molecule has 2 aromatic heterocycles. The molecular weight excluding hydrogens is 264 g/mol. The van der Waals surface area contributed by atoms with Crippen molar-refractivity contribution in [2.75, 3.05) is 18.8 Å². The molecule has 0 radical (unpaired) electrons. The maximum absolute atomic E-state index is 12.3. The summed E-state index contributed by atoms with van der Waals surface area (Å²) in [6.07, 6.45) is 6.71. The van der Waals surface area contributed by atoms with Gasteiger partial charge in [0.2, 0.25) is 0 Å². The molecule has 1 aliphatic heterocycles. The number of likely N-dealkylation sites (tertiary alicyclic amines) is 1. The Balaban J connectivity index is 1.96. The van der Waals surface area contributed by atoms with Gasteiger partial charge in [0, 0.05) is 25.5 Å². The normalized spacial score (nSPS) is 15.9. The van der Waals surface area contributed by atoms with Crippen LogP contribution < -0.4 is 5.73 Å². The standard InChI is InChI=1S/C13H15ClN4O/c14-9-6-10(15)12-16-11(8-18(12)7-9)13(19)17-4-2-1-3-5-17/h6-8H,1-5,15H2. The lowest BCUT2D eigenvalue weighted by atomic mass is 10.1. The highest BCUT2D eigenvalue weighted by atomic mass is 35.5. The molecule has 1 saturated heterocycles. The third-order valence-electron chi connectivity index (χ3n) is 3.41. The van der Waals surface area contributed by atoms with E-state index in [1.807, 2.05) is 4.90 Å². The zero-order chi connectivity index (χ0) is 13.4. The minimum Gasteiger partial charge on any atom is -0.396 e. The number of aromatic nitrogens is 2. The summed E-state index contributed by atoms with van der Waals surface area (Å²) >= 11 is 5.94. The molecule has 6 heteroatoms. The van der Waals surface area contributed by atoms with Crippen molar-refractivity contribution in [2.45, 2.75) is 19.3 Å². The van der Waals surface area contributed by atoms with Gasteiger partial charge in [-0.05, 0) is 25.3 Å². The monoisotopic (exact) mass is 278 g/mol. The van der Waals surface area contributed by atoms with Crippen LogP contribution in [0.2, 0.25) is 5.02 Å². The first kappa shape index (κ1) is 12.3. The topological polar surface area (TPSA) is 63.6 Å². The van der Waals surface area contributed by atoms with Crippen molar-refractivity contribution in [3.05, 3.63) is 29.2 Å². The molecule has 0 bridgehead atoms. The number of piperidine rings is 1. The molecular formula is C13H15ClN4O. The molecule has 19 heavy (non-hydrogen) atoms. The highest BCUT2D eigenvalue weighted by Gasteiger charge is 2.21. The van der Waals surface area contributed by atoms with E-state index in [-0.39, 0.29) is 5.91 Å². The first-order valence-corrected chi connectivity index (χ1v) is 6.76. The fourth-order valence-corrected chi connectivity index (χ4v) is 2.67. The highest BCUT2D eigenvalue weighted by Crippen LogP contribution is 2.20. The van der Waals surface area contributed by atoms with E-state index in [2.05, 4.69) is 4.98 Å². The summed E-state index contributed by atoms with van der Waals surface area (Å²) in [5.74, 6) is -0.0288. The molecule has 0 aromatic carbocycles.